The Bertz CT molecular complexity index is 378. The summed E-state index contributed by atoms with van der Waals surface area (Å²) in [6.07, 6.45) is 3.64. The van der Waals surface area contributed by atoms with Crippen molar-refractivity contribution in [3.8, 4) is 0 Å². The van der Waals surface area contributed by atoms with Crippen LogP contribution in [0.25, 0.3) is 0 Å². The quantitative estimate of drug-likeness (QED) is 0.755. The lowest BCUT2D eigenvalue weighted by molar-refractivity contribution is 0.326. The fourth-order valence-corrected chi connectivity index (χ4v) is 1.72. The molecule has 1 aromatic rings. The normalized spacial score (nSPS) is 12.5. The van der Waals surface area contributed by atoms with Crippen LogP contribution in [-0.2, 0) is 6.42 Å². The molecule has 0 radical (unpaired) electrons. The summed E-state index contributed by atoms with van der Waals surface area (Å²) in [5.41, 5.74) is 1.17. The molecule has 0 bridgehead atoms. The van der Waals surface area contributed by atoms with Crippen LogP contribution in [0.5, 0.6) is 0 Å². The van der Waals surface area contributed by atoms with Gasteiger partial charge in [0.25, 0.3) is 0 Å². The van der Waals surface area contributed by atoms with Gasteiger partial charge in [-0.3, -0.25) is 0 Å². The lowest BCUT2D eigenvalue weighted by atomic mass is 10.2. The van der Waals surface area contributed by atoms with Gasteiger partial charge in [0.1, 0.15) is 18.0 Å². The summed E-state index contributed by atoms with van der Waals surface area (Å²) in [7, 11) is 4.17. The molecule has 0 aromatic carbocycles. The van der Waals surface area contributed by atoms with E-state index in [2.05, 4.69) is 60.4 Å². The van der Waals surface area contributed by atoms with Gasteiger partial charge in [0.05, 0.1) is 0 Å². The highest BCUT2D eigenvalue weighted by atomic mass is 15.1. The summed E-state index contributed by atoms with van der Waals surface area (Å²) in [6, 6.07) is 0.465. The third kappa shape index (κ3) is 4.67. The molecule has 0 amide bonds. The highest BCUT2D eigenvalue weighted by Crippen LogP contribution is 2.20. The molecule has 5 nitrogen and oxygen atoms in total. The molecule has 1 heterocycles. The van der Waals surface area contributed by atoms with Crippen molar-refractivity contribution in [2.24, 2.45) is 0 Å². The first-order valence-electron chi connectivity index (χ1n) is 7.08. The zero-order chi connectivity index (χ0) is 14.3. The van der Waals surface area contributed by atoms with Crippen LogP contribution in [0, 0.1) is 0 Å². The van der Waals surface area contributed by atoms with E-state index < -0.39 is 0 Å². The van der Waals surface area contributed by atoms with E-state index in [1.165, 1.54) is 5.56 Å². The minimum absolute atomic E-state index is 0.465. The molecular weight excluding hydrogens is 238 g/mol. The molecule has 0 aliphatic carbocycles. The van der Waals surface area contributed by atoms with Gasteiger partial charge in [-0.15, -0.1) is 0 Å². The van der Waals surface area contributed by atoms with Crippen molar-refractivity contribution >= 4 is 11.6 Å². The van der Waals surface area contributed by atoms with Crippen LogP contribution in [-0.4, -0.2) is 48.1 Å². The number of nitrogens with zero attached hydrogens (tertiary/aromatic N) is 3. The third-order valence-electron chi connectivity index (χ3n) is 3.29. The Morgan fingerprint density at radius 1 is 1.16 bits per heavy atom. The van der Waals surface area contributed by atoms with E-state index >= 15 is 0 Å². The van der Waals surface area contributed by atoms with Gasteiger partial charge in [-0.2, -0.15) is 0 Å². The monoisotopic (exact) mass is 265 g/mol. The fourth-order valence-electron chi connectivity index (χ4n) is 1.72. The average molecular weight is 265 g/mol. The van der Waals surface area contributed by atoms with Gasteiger partial charge in [0.2, 0.25) is 0 Å². The molecule has 108 valence electrons. The van der Waals surface area contributed by atoms with Crippen LogP contribution in [0.2, 0.25) is 0 Å². The van der Waals surface area contributed by atoms with E-state index in [1.807, 2.05) is 0 Å². The molecule has 0 spiro atoms. The Kier molecular flexibility index (Phi) is 6.56. The SMILES string of the molecule is CCCNc1ncnc(NCC(C)N(C)C)c1CC. The van der Waals surface area contributed by atoms with Crippen molar-refractivity contribution in [2.75, 3.05) is 37.8 Å². The van der Waals surface area contributed by atoms with Gasteiger partial charge >= 0.3 is 0 Å². The summed E-state index contributed by atoms with van der Waals surface area (Å²) >= 11 is 0. The lowest BCUT2D eigenvalue weighted by Crippen LogP contribution is -2.32. The molecular formula is C14H27N5. The highest BCUT2D eigenvalue weighted by Gasteiger charge is 2.11. The molecule has 0 saturated heterocycles. The van der Waals surface area contributed by atoms with Crippen molar-refractivity contribution in [3.63, 3.8) is 0 Å². The Hall–Kier alpha value is -1.36. The van der Waals surface area contributed by atoms with E-state index in [-0.39, 0.29) is 0 Å². The van der Waals surface area contributed by atoms with Gasteiger partial charge in [-0.1, -0.05) is 13.8 Å². The lowest BCUT2D eigenvalue weighted by Gasteiger charge is -2.21. The number of anilines is 2. The van der Waals surface area contributed by atoms with Crippen molar-refractivity contribution in [2.45, 2.75) is 39.7 Å². The van der Waals surface area contributed by atoms with Crippen LogP contribution in [0.3, 0.4) is 0 Å². The second kappa shape index (κ2) is 7.94. The molecule has 1 unspecified atom stereocenters. The molecule has 0 saturated carbocycles. The zero-order valence-corrected chi connectivity index (χ0v) is 12.8. The van der Waals surface area contributed by atoms with Crippen molar-refractivity contribution in [3.05, 3.63) is 11.9 Å². The van der Waals surface area contributed by atoms with Gasteiger partial charge in [0.15, 0.2) is 0 Å². The molecule has 5 heteroatoms. The third-order valence-corrected chi connectivity index (χ3v) is 3.29. The second-order valence-corrected chi connectivity index (χ2v) is 5.02. The topological polar surface area (TPSA) is 53.1 Å². The van der Waals surface area contributed by atoms with Gasteiger partial charge in [-0.25, -0.2) is 9.97 Å². The molecule has 2 N–H and O–H groups in total. The first kappa shape index (κ1) is 15.7. The Morgan fingerprint density at radius 2 is 1.79 bits per heavy atom. The molecule has 0 aliphatic rings. The van der Waals surface area contributed by atoms with Crippen LogP contribution >= 0.6 is 0 Å². The zero-order valence-electron chi connectivity index (χ0n) is 12.8. The number of rotatable bonds is 8. The van der Waals surface area contributed by atoms with Crippen molar-refractivity contribution in [1.82, 2.24) is 14.9 Å². The van der Waals surface area contributed by atoms with Crippen LogP contribution in [0.15, 0.2) is 6.33 Å². The predicted octanol–water partition coefficient (Wildman–Crippen LogP) is 2.22. The molecule has 0 fully saturated rings. The number of likely N-dealkylation sites (N-methyl/N-ethyl adjacent to an activating group) is 1. The minimum Gasteiger partial charge on any atom is -0.370 e. The minimum atomic E-state index is 0.465. The molecule has 1 rings (SSSR count). The average Bonchev–Trinajstić information content (AvgIpc) is 2.41. The highest BCUT2D eigenvalue weighted by molar-refractivity contribution is 5.57. The standard InChI is InChI=1S/C14H27N5/c1-6-8-15-13-12(7-2)14(18-10-17-13)16-9-11(3)19(4)5/h10-11H,6-9H2,1-5H3,(H2,15,16,17,18). The molecule has 1 atom stereocenters. The van der Waals surface area contributed by atoms with Gasteiger partial charge < -0.3 is 15.5 Å². The number of hydrogen-bond donors (Lipinski definition) is 2. The van der Waals surface area contributed by atoms with Crippen LogP contribution < -0.4 is 10.6 Å². The molecule has 0 aliphatic heterocycles. The number of hydrogen-bond acceptors (Lipinski definition) is 5. The summed E-state index contributed by atoms with van der Waals surface area (Å²) in [5, 5.41) is 6.79. The second-order valence-electron chi connectivity index (χ2n) is 5.02. The van der Waals surface area contributed by atoms with E-state index in [9.17, 15) is 0 Å². The van der Waals surface area contributed by atoms with Gasteiger partial charge in [-0.05, 0) is 33.9 Å². The van der Waals surface area contributed by atoms with E-state index in [0.717, 1.165) is 37.6 Å². The Labute approximate surface area is 116 Å². The van der Waals surface area contributed by atoms with Crippen molar-refractivity contribution in [1.29, 1.82) is 0 Å². The predicted molar refractivity (Wildman–Crippen MR) is 81.8 cm³/mol. The van der Waals surface area contributed by atoms with E-state index in [0.29, 0.717) is 6.04 Å². The first-order chi connectivity index (χ1) is 9.10. The smallest absolute Gasteiger partial charge is 0.134 e. The fraction of sp³-hybridized carbons (Fsp3) is 0.714. The molecule has 1 aromatic heterocycles. The van der Waals surface area contributed by atoms with Crippen molar-refractivity contribution < 1.29 is 0 Å². The molecule has 19 heavy (non-hydrogen) atoms. The van der Waals surface area contributed by atoms with Gasteiger partial charge in [0, 0.05) is 24.7 Å². The Balaban J connectivity index is 2.76. The maximum atomic E-state index is 4.37. The maximum Gasteiger partial charge on any atom is 0.134 e. The van der Waals surface area contributed by atoms with Crippen LogP contribution in [0.4, 0.5) is 11.6 Å². The van der Waals surface area contributed by atoms with Crippen LogP contribution in [0.1, 0.15) is 32.8 Å². The van der Waals surface area contributed by atoms with E-state index in [1.54, 1.807) is 6.33 Å². The summed E-state index contributed by atoms with van der Waals surface area (Å²) in [4.78, 5) is 10.9. The Morgan fingerprint density at radius 3 is 2.32 bits per heavy atom. The number of aromatic nitrogens is 2. The summed E-state index contributed by atoms with van der Waals surface area (Å²) < 4.78 is 0. The summed E-state index contributed by atoms with van der Waals surface area (Å²) in [5.74, 6) is 1.91. The number of nitrogens with one attached hydrogen (secondary N) is 2. The van der Waals surface area contributed by atoms with E-state index in [4.69, 9.17) is 0 Å². The maximum absolute atomic E-state index is 4.37. The first-order valence-corrected chi connectivity index (χ1v) is 7.08. The largest absolute Gasteiger partial charge is 0.370 e. The summed E-state index contributed by atoms with van der Waals surface area (Å²) in [6.45, 7) is 8.30.